The number of carbonyl (C=O) groups excluding carboxylic acids is 1. The van der Waals surface area contributed by atoms with E-state index in [2.05, 4.69) is 20.0 Å². The summed E-state index contributed by atoms with van der Waals surface area (Å²) in [5, 5.41) is 3.90. The Labute approximate surface area is 182 Å². The normalized spacial score (nSPS) is 13.7. The molecule has 1 aromatic heterocycles. The summed E-state index contributed by atoms with van der Waals surface area (Å²) in [6.45, 7) is 0.624. The summed E-state index contributed by atoms with van der Waals surface area (Å²) in [5.41, 5.74) is 1.11. The number of hydrogen-bond donors (Lipinski definition) is 2. The number of aromatic nitrogens is 1. The van der Waals surface area contributed by atoms with Gasteiger partial charge in [0.2, 0.25) is 0 Å². The van der Waals surface area contributed by atoms with Gasteiger partial charge in [0.05, 0.1) is 16.1 Å². The first-order chi connectivity index (χ1) is 14.4. The van der Waals surface area contributed by atoms with Crippen molar-refractivity contribution in [1.82, 2.24) is 9.71 Å². The molecule has 0 saturated carbocycles. The lowest BCUT2D eigenvalue weighted by Gasteiger charge is -2.09. The second-order valence-corrected chi connectivity index (χ2v) is 9.65. The Morgan fingerprint density at radius 2 is 1.97 bits per heavy atom. The van der Waals surface area contributed by atoms with Crippen molar-refractivity contribution in [1.29, 1.82) is 0 Å². The molecule has 30 heavy (non-hydrogen) atoms. The molecule has 7 nitrogen and oxygen atoms in total. The summed E-state index contributed by atoms with van der Waals surface area (Å²) in [6.07, 6.45) is 2.91. The van der Waals surface area contributed by atoms with Crippen LogP contribution in [-0.4, -0.2) is 31.7 Å². The van der Waals surface area contributed by atoms with Gasteiger partial charge < -0.3 is 5.32 Å². The number of benzene rings is 2. The maximum atomic E-state index is 12.6. The second-order valence-electron chi connectivity index (χ2n) is 6.53. The van der Waals surface area contributed by atoms with E-state index in [9.17, 15) is 13.2 Å². The summed E-state index contributed by atoms with van der Waals surface area (Å²) in [7, 11) is -3.76. The number of amidine groups is 1. The Bertz CT molecular complexity index is 1240. The highest BCUT2D eigenvalue weighted by molar-refractivity contribution is 7.90. The number of halogens is 1. The number of rotatable bonds is 5. The maximum Gasteiger partial charge on any atom is 0.267 e. The van der Waals surface area contributed by atoms with Gasteiger partial charge in [0, 0.05) is 24.2 Å². The molecule has 0 aliphatic carbocycles. The molecule has 2 aromatic carbocycles. The first-order valence-electron chi connectivity index (χ1n) is 9.11. The third-order valence-electron chi connectivity index (χ3n) is 4.36. The molecule has 0 bridgehead atoms. The molecule has 2 heterocycles. The fraction of sp³-hybridized carbons (Fsp3) is 0.150. The number of carbonyl (C=O) groups is 1. The van der Waals surface area contributed by atoms with Gasteiger partial charge in [0.1, 0.15) is 15.7 Å². The number of nitrogens with zero attached hydrogens (tertiary/aromatic N) is 2. The van der Waals surface area contributed by atoms with Gasteiger partial charge in [-0.2, -0.15) is 0 Å². The Morgan fingerprint density at radius 3 is 2.73 bits per heavy atom. The second kappa shape index (κ2) is 8.55. The quantitative estimate of drug-likeness (QED) is 0.596. The molecule has 2 N–H and O–H groups in total. The zero-order chi connectivity index (χ0) is 21.1. The molecule has 1 aliphatic heterocycles. The molecule has 154 valence electrons. The summed E-state index contributed by atoms with van der Waals surface area (Å²) in [6, 6.07) is 13.3. The number of hydrogen-bond acceptors (Lipinski definition) is 6. The van der Waals surface area contributed by atoms with Crippen molar-refractivity contribution < 1.29 is 13.2 Å². The van der Waals surface area contributed by atoms with Gasteiger partial charge >= 0.3 is 0 Å². The Balaban J connectivity index is 1.50. The van der Waals surface area contributed by atoms with Gasteiger partial charge in [-0.1, -0.05) is 35.9 Å². The van der Waals surface area contributed by atoms with Gasteiger partial charge in [-0.05, 0) is 30.7 Å². The summed E-state index contributed by atoms with van der Waals surface area (Å²) in [4.78, 5) is 21.5. The van der Waals surface area contributed by atoms with E-state index < -0.39 is 10.0 Å². The molecule has 0 atom stereocenters. The highest BCUT2D eigenvalue weighted by Gasteiger charge is 2.19. The third-order valence-corrected chi connectivity index (χ3v) is 7.10. The highest BCUT2D eigenvalue weighted by atomic mass is 35.5. The minimum Gasteiger partial charge on any atom is -0.321 e. The van der Waals surface area contributed by atoms with Crippen LogP contribution in [0.2, 0.25) is 5.02 Å². The minimum atomic E-state index is -3.76. The molecule has 1 amide bonds. The molecule has 0 unspecified atom stereocenters. The molecular formula is C20H17ClN4O3S2. The van der Waals surface area contributed by atoms with E-state index in [1.807, 2.05) is 18.2 Å². The average molecular weight is 461 g/mol. The van der Waals surface area contributed by atoms with E-state index in [1.54, 1.807) is 18.2 Å². The van der Waals surface area contributed by atoms with Crippen LogP contribution < -0.4 is 10.0 Å². The minimum absolute atomic E-state index is 0.0518. The third kappa shape index (κ3) is 4.53. The first-order valence-corrected chi connectivity index (χ1v) is 11.8. The standard InChI is InChI=1S/C20H17ClN4O3S2/c21-16-8-2-1-7-15(16)20-23-12-17(29-20)19(26)24-13-5-3-6-14(11-13)30(27,28)25-18-9-4-10-22-18/h1-3,5-8,11-12H,4,9-10H2,(H,22,25)(H,24,26). The van der Waals surface area contributed by atoms with Gasteiger partial charge in [-0.15, -0.1) is 11.3 Å². The zero-order valence-corrected chi connectivity index (χ0v) is 18.0. The lowest BCUT2D eigenvalue weighted by molar-refractivity contribution is 0.103. The molecular weight excluding hydrogens is 444 g/mol. The van der Waals surface area contributed by atoms with E-state index in [1.165, 1.54) is 29.7 Å². The molecule has 3 aromatic rings. The van der Waals surface area contributed by atoms with E-state index in [-0.39, 0.29) is 10.8 Å². The molecule has 10 heteroatoms. The number of thiazole rings is 1. The molecule has 1 aliphatic rings. The van der Waals surface area contributed by atoms with E-state index in [0.29, 0.717) is 39.4 Å². The van der Waals surface area contributed by atoms with Crippen LogP contribution in [0.25, 0.3) is 10.6 Å². The fourth-order valence-corrected chi connectivity index (χ4v) is 5.18. The van der Waals surface area contributed by atoms with Crippen LogP contribution in [0.1, 0.15) is 22.5 Å². The number of anilines is 1. The van der Waals surface area contributed by atoms with Crippen molar-refractivity contribution in [2.45, 2.75) is 17.7 Å². The lowest BCUT2D eigenvalue weighted by Crippen LogP contribution is -2.29. The predicted octanol–water partition coefficient (Wildman–Crippen LogP) is 4.19. The molecule has 4 rings (SSSR count). The zero-order valence-electron chi connectivity index (χ0n) is 15.6. The summed E-state index contributed by atoms with van der Waals surface area (Å²) < 4.78 is 27.6. The lowest BCUT2D eigenvalue weighted by atomic mass is 10.2. The fourth-order valence-electron chi connectivity index (χ4n) is 2.91. The smallest absolute Gasteiger partial charge is 0.267 e. The van der Waals surface area contributed by atoms with Gasteiger partial charge in [0.15, 0.2) is 0 Å². The topological polar surface area (TPSA) is 101 Å². The maximum absolute atomic E-state index is 12.6. The monoisotopic (exact) mass is 460 g/mol. The average Bonchev–Trinajstić information content (AvgIpc) is 3.40. The van der Waals surface area contributed by atoms with Crippen LogP contribution in [0.4, 0.5) is 5.69 Å². The molecule has 0 radical (unpaired) electrons. The van der Waals surface area contributed by atoms with Crippen LogP contribution in [0.15, 0.2) is 64.6 Å². The van der Waals surface area contributed by atoms with Crippen LogP contribution in [0.5, 0.6) is 0 Å². The highest BCUT2D eigenvalue weighted by Crippen LogP contribution is 2.31. The first kappa shape index (κ1) is 20.5. The van der Waals surface area contributed by atoms with Crippen molar-refractivity contribution in [2.75, 3.05) is 11.9 Å². The molecule has 0 spiro atoms. The largest absolute Gasteiger partial charge is 0.321 e. The van der Waals surface area contributed by atoms with Gasteiger partial charge in [-0.25, -0.2) is 13.4 Å². The van der Waals surface area contributed by atoms with Crippen molar-refractivity contribution in [3.63, 3.8) is 0 Å². The summed E-state index contributed by atoms with van der Waals surface area (Å²) >= 11 is 7.40. The van der Waals surface area contributed by atoms with Crippen molar-refractivity contribution in [2.24, 2.45) is 4.99 Å². The van der Waals surface area contributed by atoms with Gasteiger partial charge in [0.25, 0.3) is 15.9 Å². The van der Waals surface area contributed by atoms with Crippen LogP contribution in [-0.2, 0) is 10.0 Å². The molecule has 0 saturated heterocycles. The predicted molar refractivity (Wildman–Crippen MR) is 119 cm³/mol. The van der Waals surface area contributed by atoms with Crippen LogP contribution >= 0.6 is 22.9 Å². The van der Waals surface area contributed by atoms with E-state index >= 15 is 0 Å². The number of amides is 1. The SMILES string of the molecule is O=C(Nc1cccc(S(=O)(=O)NC2=NCCC2)c1)c1cnc(-c2ccccc2Cl)s1. The Morgan fingerprint density at radius 1 is 1.13 bits per heavy atom. The van der Waals surface area contributed by atoms with E-state index in [4.69, 9.17) is 11.6 Å². The Kier molecular flexibility index (Phi) is 5.85. The summed E-state index contributed by atoms with van der Waals surface area (Å²) in [5.74, 6) is 0.0784. The Hall–Kier alpha value is -2.75. The van der Waals surface area contributed by atoms with Crippen molar-refractivity contribution in [3.05, 3.63) is 64.6 Å². The number of nitrogens with one attached hydrogen (secondary N) is 2. The van der Waals surface area contributed by atoms with Crippen molar-refractivity contribution in [3.8, 4) is 10.6 Å². The van der Waals surface area contributed by atoms with Gasteiger partial charge in [-0.3, -0.25) is 14.5 Å². The van der Waals surface area contributed by atoms with Crippen LogP contribution in [0.3, 0.4) is 0 Å². The number of sulfonamides is 1. The van der Waals surface area contributed by atoms with E-state index in [0.717, 1.165) is 12.0 Å². The van der Waals surface area contributed by atoms with Crippen molar-refractivity contribution >= 4 is 50.4 Å². The molecule has 0 fully saturated rings. The number of aliphatic imine (C=N–C) groups is 1. The van der Waals surface area contributed by atoms with Crippen LogP contribution in [0, 0.1) is 0 Å².